The second kappa shape index (κ2) is 11.0. The summed E-state index contributed by atoms with van der Waals surface area (Å²) in [4.78, 5) is 22.9. The molecule has 2 N–H and O–H groups in total. The van der Waals surface area contributed by atoms with E-state index in [0.29, 0.717) is 5.56 Å². The van der Waals surface area contributed by atoms with Crippen molar-refractivity contribution < 1.29 is 9.59 Å². The molecule has 0 spiro atoms. The monoisotopic (exact) mass is 530 g/mol. The number of hydrogen-bond acceptors (Lipinski definition) is 2. The number of nitrogens with zero attached hydrogens (tertiary/aromatic N) is 1. The third-order valence-electron chi connectivity index (χ3n) is 3.18. The normalized spacial score (nSPS) is 8.86. The lowest BCUT2D eigenvalue weighted by atomic mass is 10.0. The average molecular weight is 530 g/mol. The van der Waals surface area contributed by atoms with Crippen molar-refractivity contribution in [1.82, 2.24) is 4.57 Å². The van der Waals surface area contributed by atoms with Gasteiger partial charge in [-0.15, -0.1) is 0 Å². The molecule has 0 saturated heterocycles. The molecule has 1 amide bonds. The number of fused-ring (bicyclic) bond motifs is 1. The van der Waals surface area contributed by atoms with Crippen LogP contribution in [0.3, 0.4) is 0 Å². The molecule has 0 aliphatic carbocycles. The van der Waals surface area contributed by atoms with E-state index in [-0.39, 0.29) is 7.43 Å². The molecule has 1 aromatic heterocycles. The lowest BCUT2D eigenvalue weighted by Crippen LogP contribution is -2.23. The number of Topliss-reactive ketones (excluding diaryl/α,β-unsaturated/α-hetero) is 1. The highest BCUT2D eigenvalue weighted by atomic mass is 128. The van der Waals surface area contributed by atoms with Gasteiger partial charge in [-0.25, -0.2) is 0 Å². The van der Waals surface area contributed by atoms with Gasteiger partial charge in [0.15, 0.2) is 0 Å². The van der Waals surface area contributed by atoms with Crippen LogP contribution in [0.4, 0.5) is 0 Å². The highest BCUT2D eigenvalue weighted by Gasteiger charge is 2.22. The smallest absolute Gasteiger partial charge is 0.289 e. The van der Waals surface area contributed by atoms with Crippen molar-refractivity contribution in [3.05, 3.63) is 35.0 Å². The summed E-state index contributed by atoms with van der Waals surface area (Å²) in [5.41, 5.74) is 8.18. The number of hydrogen-bond donors (Lipinski definition) is 1. The first-order valence-electron chi connectivity index (χ1n) is 6.48. The first kappa shape index (κ1) is 23.6. The topological polar surface area (TPSA) is 65.1 Å². The first-order valence-corrected chi connectivity index (χ1v) is 12.8. The summed E-state index contributed by atoms with van der Waals surface area (Å²) in [5.74, 6) is -1.54. The Hall–Kier alpha value is -0.640. The molecule has 124 valence electrons. The molecule has 4 nitrogen and oxygen atoms in total. The summed E-state index contributed by atoms with van der Waals surface area (Å²) in [6.45, 7) is 7.73. The van der Waals surface area contributed by atoms with Gasteiger partial charge in [-0.2, -0.15) is 0 Å². The lowest BCUT2D eigenvalue weighted by Gasteiger charge is -1.99. The van der Waals surface area contributed by atoms with Crippen LogP contribution in [0.2, 0.25) is 0 Å². The number of rotatable bonds is 2. The van der Waals surface area contributed by atoms with E-state index in [9.17, 15) is 9.59 Å². The van der Waals surface area contributed by atoms with Gasteiger partial charge >= 0.3 is 0 Å². The quantitative estimate of drug-likeness (QED) is 0.342. The predicted octanol–water partition coefficient (Wildman–Crippen LogP) is 4.90. The molecule has 0 unspecified atom stereocenters. The van der Waals surface area contributed by atoms with E-state index >= 15 is 0 Å². The molecule has 1 aromatic carbocycles. The lowest BCUT2D eigenvalue weighted by molar-refractivity contribution is -0.114. The molecule has 2 aromatic rings. The third kappa shape index (κ3) is 4.68. The van der Waals surface area contributed by atoms with Crippen LogP contribution in [0, 0.1) is 13.8 Å². The number of aromatic nitrogens is 1. The Morgan fingerprint density at radius 1 is 1.14 bits per heavy atom. The molecule has 0 saturated carbocycles. The Labute approximate surface area is 156 Å². The molecule has 0 aliphatic rings. The van der Waals surface area contributed by atoms with Gasteiger partial charge < -0.3 is 10.3 Å². The van der Waals surface area contributed by atoms with Crippen molar-refractivity contribution in [3.8, 4) is 0 Å². The number of aryl methyl sites for hydroxylation is 2. The maximum Gasteiger partial charge on any atom is 0.289 e. The number of benzene rings is 1. The van der Waals surface area contributed by atoms with Crippen LogP contribution in [0.15, 0.2) is 18.2 Å². The minimum atomic E-state index is -0.913. The third-order valence-corrected chi connectivity index (χ3v) is 3.18. The van der Waals surface area contributed by atoms with Crippen molar-refractivity contribution in [1.29, 1.82) is 0 Å². The zero-order chi connectivity index (χ0) is 16.7. The molecule has 0 fully saturated rings. The van der Waals surface area contributed by atoms with E-state index in [1.165, 1.54) is 0 Å². The molecule has 0 radical (unpaired) electrons. The Bertz CT molecular complexity index is 649. The van der Waals surface area contributed by atoms with E-state index in [1.807, 2.05) is 57.5 Å². The zero-order valence-electron chi connectivity index (χ0n) is 12.8. The number of carbonyl (C=O) groups is 2. The standard InChI is InChI=1S/C13H14N2O2.C2H6.CH4.I2/c1-7-5-4-6-9-10(7)11(8(2)15(9)3)12(16)13(14)17;1-2;;1-2/h4-6H,1-3H3,(H2,14,17);1-2H3;1H4;. The first-order chi connectivity index (χ1) is 9.95. The van der Waals surface area contributed by atoms with E-state index < -0.39 is 11.7 Å². The molecule has 2 rings (SSSR count). The van der Waals surface area contributed by atoms with Crippen LogP contribution in [-0.4, -0.2) is 16.3 Å². The molecule has 0 aliphatic heterocycles. The van der Waals surface area contributed by atoms with Gasteiger partial charge in [0.05, 0.1) is 5.56 Å². The van der Waals surface area contributed by atoms with Crippen LogP contribution >= 0.6 is 37.2 Å². The Kier molecular flexibility index (Phi) is 11.8. The molecular formula is C16H24I2N2O2. The van der Waals surface area contributed by atoms with Gasteiger partial charge in [0.2, 0.25) is 0 Å². The van der Waals surface area contributed by atoms with Crippen LogP contribution in [0.25, 0.3) is 10.9 Å². The fourth-order valence-electron chi connectivity index (χ4n) is 2.19. The summed E-state index contributed by atoms with van der Waals surface area (Å²) >= 11 is 4.24. The second-order valence-electron chi connectivity index (χ2n) is 4.18. The minimum absolute atomic E-state index is 0. The molecule has 6 heteroatoms. The SMILES string of the molecule is C.CC.Cc1cccc2c1c(C(=O)C(N)=O)c(C)n2C.II. The summed E-state index contributed by atoms with van der Waals surface area (Å²) in [6.07, 6.45) is 0. The van der Waals surface area contributed by atoms with Gasteiger partial charge in [-0.05, 0) is 25.5 Å². The average Bonchev–Trinajstić information content (AvgIpc) is 2.76. The Morgan fingerprint density at radius 3 is 2.09 bits per heavy atom. The fraction of sp³-hybridized carbons (Fsp3) is 0.375. The maximum absolute atomic E-state index is 11.9. The van der Waals surface area contributed by atoms with Crippen LogP contribution in [0.5, 0.6) is 0 Å². The number of primary amides is 1. The van der Waals surface area contributed by atoms with E-state index in [4.69, 9.17) is 5.73 Å². The van der Waals surface area contributed by atoms with Gasteiger partial charge in [-0.1, -0.05) is 33.4 Å². The second-order valence-corrected chi connectivity index (χ2v) is 4.18. The zero-order valence-corrected chi connectivity index (χ0v) is 17.1. The molecular weight excluding hydrogens is 506 g/mol. The van der Waals surface area contributed by atoms with E-state index in [2.05, 4.69) is 37.2 Å². The Balaban J connectivity index is 0. The van der Waals surface area contributed by atoms with Crippen LogP contribution < -0.4 is 5.73 Å². The van der Waals surface area contributed by atoms with Crippen molar-refractivity contribution in [2.45, 2.75) is 35.1 Å². The van der Waals surface area contributed by atoms with E-state index in [0.717, 1.165) is 22.2 Å². The fourth-order valence-corrected chi connectivity index (χ4v) is 2.19. The number of ketones is 1. The highest BCUT2D eigenvalue weighted by molar-refractivity contribution is 15.0. The maximum atomic E-state index is 11.9. The largest absolute Gasteiger partial charge is 0.363 e. The number of amides is 1. The van der Waals surface area contributed by atoms with Gasteiger partial charge in [0.25, 0.3) is 11.7 Å². The summed E-state index contributed by atoms with van der Waals surface area (Å²) in [6, 6.07) is 5.77. The minimum Gasteiger partial charge on any atom is -0.363 e. The summed E-state index contributed by atoms with van der Waals surface area (Å²) in [7, 11) is 1.87. The molecule has 0 bridgehead atoms. The number of halogens is 2. The number of nitrogens with two attached hydrogens (primary N) is 1. The molecule has 22 heavy (non-hydrogen) atoms. The van der Waals surface area contributed by atoms with Gasteiger partial charge in [0, 0.05) is 60.9 Å². The van der Waals surface area contributed by atoms with Gasteiger partial charge in [0.1, 0.15) is 0 Å². The van der Waals surface area contributed by atoms with Crippen LogP contribution in [-0.2, 0) is 11.8 Å². The molecule has 0 atom stereocenters. The van der Waals surface area contributed by atoms with Crippen molar-refractivity contribution in [2.24, 2.45) is 12.8 Å². The van der Waals surface area contributed by atoms with E-state index in [1.54, 1.807) is 0 Å². The Morgan fingerprint density at radius 2 is 1.64 bits per heavy atom. The van der Waals surface area contributed by atoms with Gasteiger partial charge in [-0.3, -0.25) is 9.59 Å². The molecule has 1 heterocycles. The summed E-state index contributed by atoms with van der Waals surface area (Å²) < 4.78 is 1.90. The number of carbonyl (C=O) groups excluding carboxylic acids is 2. The summed E-state index contributed by atoms with van der Waals surface area (Å²) in [5, 5.41) is 0.816. The van der Waals surface area contributed by atoms with Crippen LogP contribution in [0.1, 0.15) is 42.9 Å². The van der Waals surface area contributed by atoms with Crippen molar-refractivity contribution in [2.75, 3.05) is 0 Å². The van der Waals surface area contributed by atoms with Crippen molar-refractivity contribution >= 4 is 59.8 Å². The van der Waals surface area contributed by atoms with Crippen molar-refractivity contribution in [3.63, 3.8) is 0 Å². The highest BCUT2D eigenvalue weighted by Crippen LogP contribution is 2.28. The predicted molar refractivity (Wildman–Crippen MR) is 112 cm³/mol.